The van der Waals surface area contributed by atoms with E-state index in [9.17, 15) is 23.5 Å². The molecule has 0 aliphatic heterocycles. The molecule has 0 aliphatic carbocycles. The van der Waals surface area contributed by atoms with Crippen LogP contribution in [0.15, 0.2) is 47.3 Å². The first-order chi connectivity index (χ1) is 16.1. The molecule has 2 aromatic carbocycles. The van der Waals surface area contributed by atoms with Crippen LogP contribution < -0.4 is 10.9 Å². The van der Waals surface area contributed by atoms with E-state index in [1.807, 2.05) is 0 Å². The molecule has 2 N–H and O–H groups in total. The summed E-state index contributed by atoms with van der Waals surface area (Å²) in [7, 11) is 1.40. The Morgan fingerprint density at radius 3 is 2.47 bits per heavy atom. The minimum Gasteiger partial charge on any atom is -0.476 e. The molecule has 1 atom stereocenters. The molecule has 0 spiro atoms. The number of pyridine rings is 1. The molecule has 0 radical (unpaired) electrons. The number of aryl methyl sites for hydroxylation is 1. The molecule has 4 aromatic rings. The topological polar surface area (TPSA) is 97.1 Å². The second-order valence-corrected chi connectivity index (χ2v) is 8.24. The van der Waals surface area contributed by atoms with Crippen molar-refractivity contribution in [1.82, 2.24) is 14.5 Å². The number of anilines is 1. The van der Waals surface area contributed by atoms with Crippen molar-refractivity contribution in [2.45, 2.75) is 19.9 Å². The first-order valence-electron chi connectivity index (χ1n) is 10.2. The summed E-state index contributed by atoms with van der Waals surface area (Å²) in [5, 5.41) is 12.8. The van der Waals surface area contributed by atoms with Gasteiger partial charge in [0.15, 0.2) is 5.69 Å². The van der Waals surface area contributed by atoms with E-state index in [1.165, 1.54) is 25.2 Å². The first kappa shape index (κ1) is 23.3. The largest absolute Gasteiger partial charge is 0.476 e. The van der Waals surface area contributed by atoms with Crippen molar-refractivity contribution in [2.75, 3.05) is 5.32 Å². The van der Waals surface area contributed by atoms with E-state index in [2.05, 4.69) is 15.3 Å². The van der Waals surface area contributed by atoms with Gasteiger partial charge in [0, 0.05) is 12.6 Å². The predicted octanol–water partition coefficient (Wildman–Crippen LogP) is 5.11. The van der Waals surface area contributed by atoms with Gasteiger partial charge in [0.1, 0.15) is 22.6 Å². The number of benzene rings is 2. The summed E-state index contributed by atoms with van der Waals surface area (Å²) < 4.78 is 30.2. The Morgan fingerprint density at radius 1 is 1.15 bits per heavy atom. The first-order valence-corrected chi connectivity index (χ1v) is 10.6. The van der Waals surface area contributed by atoms with Crippen LogP contribution in [0.2, 0.25) is 5.15 Å². The monoisotopic (exact) mass is 484 g/mol. The quantitative estimate of drug-likeness (QED) is 0.382. The summed E-state index contributed by atoms with van der Waals surface area (Å²) in [4.78, 5) is 33.1. The highest BCUT2D eigenvalue weighted by Crippen LogP contribution is 2.30. The van der Waals surface area contributed by atoms with Crippen LogP contribution in [0.1, 0.15) is 34.6 Å². The molecule has 2 aromatic heterocycles. The average Bonchev–Trinajstić information content (AvgIpc) is 2.78. The van der Waals surface area contributed by atoms with Gasteiger partial charge in [-0.1, -0.05) is 23.7 Å². The van der Waals surface area contributed by atoms with E-state index in [0.717, 1.165) is 22.3 Å². The summed E-state index contributed by atoms with van der Waals surface area (Å²) in [6.45, 7) is 3.54. The van der Waals surface area contributed by atoms with Crippen LogP contribution in [0.3, 0.4) is 0 Å². The molecule has 7 nitrogen and oxygen atoms in total. The van der Waals surface area contributed by atoms with Crippen LogP contribution in [0.4, 0.5) is 14.5 Å². The maximum absolute atomic E-state index is 14.5. The Morgan fingerprint density at radius 2 is 1.82 bits per heavy atom. The minimum atomic E-state index is -1.27. The lowest BCUT2D eigenvalue weighted by Crippen LogP contribution is -2.22. The van der Waals surface area contributed by atoms with Gasteiger partial charge in [0.2, 0.25) is 0 Å². The normalized spacial score (nSPS) is 12.1. The van der Waals surface area contributed by atoms with E-state index < -0.39 is 34.8 Å². The van der Waals surface area contributed by atoms with Crippen LogP contribution in [-0.2, 0) is 7.05 Å². The molecule has 0 amide bonds. The molecule has 10 heteroatoms. The number of hydrogen-bond donors (Lipinski definition) is 2. The van der Waals surface area contributed by atoms with Gasteiger partial charge in [-0.05, 0) is 49.7 Å². The van der Waals surface area contributed by atoms with Crippen LogP contribution in [0, 0.1) is 18.6 Å². The van der Waals surface area contributed by atoms with E-state index in [1.54, 1.807) is 26.0 Å². The third-order valence-electron chi connectivity index (χ3n) is 5.44. The molecular weight excluding hydrogens is 466 g/mol. The summed E-state index contributed by atoms with van der Waals surface area (Å²) in [5.41, 5.74) is 0.595. The number of aromatic nitrogens is 3. The van der Waals surface area contributed by atoms with Crippen LogP contribution in [0.5, 0.6) is 0 Å². The average molecular weight is 485 g/mol. The zero-order valence-electron chi connectivity index (χ0n) is 18.4. The second-order valence-electron chi connectivity index (χ2n) is 7.85. The van der Waals surface area contributed by atoms with Gasteiger partial charge in [-0.2, -0.15) is 0 Å². The number of rotatable bonds is 5. The van der Waals surface area contributed by atoms with Gasteiger partial charge in [-0.25, -0.2) is 23.5 Å². The Hall–Kier alpha value is -3.85. The molecule has 0 aliphatic rings. The van der Waals surface area contributed by atoms with Crippen molar-refractivity contribution in [2.24, 2.45) is 7.05 Å². The van der Waals surface area contributed by atoms with E-state index in [4.69, 9.17) is 11.6 Å². The summed E-state index contributed by atoms with van der Waals surface area (Å²) in [6, 6.07) is 9.22. The smallest absolute Gasteiger partial charge is 0.356 e. The molecule has 0 saturated heterocycles. The Balaban J connectivity index is 1.93. The predicted molar refractivity (Wildman–Crippen MR) is 125 cm³/mol. The van der Waals surface area contributed by atoms with Crippen molar-refractivity contribution in [1.29, 1.82) is 0 Å². The molecule has 4 rings (SSSR count). The van der Waals surface area contributed by atoms with Crippen LogP contribution in [0.25, 0.3) is 22.3 Å². The number of fused-ring (bicyclic) bond motifs is 1. The molecule has 174 valence electrons. The van der Waals surface area contributed by atoms with Crippen LogP contribution in [-0.4, -0.2) is 25.6 Å². The summed E-state index contributed by atoms with van der Waals surface area (Å²) >= 11 is 5.84. The maximum Gasteiger partial charge on any atom is 0.356 e. The van der Waals surface area contributed by atoms with Crippen molar-refractivity contribution >= 4 is 34.2 Å². The fourth-order valence-corrected chi connectivity index (χ4v) is 3.99. The van der Waals surface area contributed by atoms with Crippen molar-refractivity contribution in [3.05, 3.63) is 86.4 Å². The molecule has 0 saturated carbocycles. The molecular formula is C24H19ClF2N4O3. The van der Waals surface area contributed by atoms with Gasteiger partial charge in [-0.15, -0.1) is 0 Å². The molecule has 0 bridgehead atoms. The third-order valence-corrected chi connectivity index (χ3v) is 5.65. The number of carboxylic acids is 1. The van der Waals surface area contributed by atoms with Crippen molar-refractivity contribution in [3.8, 4) is 11.4 Å². The Bertz CT molecular complexity index is 1500. The van der Waals surface area contributed by atoms with Crippen LogP contribution >= 0.6 is 11.6 Å². The Kier molecular flexibility index (Phi) is 6.05. The number of hydrogen-bond acceptors (Lipinski definition) is 5. The van der Waals surface area contributed by atoms with Gasteiger partial charge in [0.05, 0.1) is 28.2 Å². The molecule has 34 heavy (non-hydrogen) atoms. The van der Waals surface area contributed by atoms with E-state index in [0.29, 0.717) is 5.56 Å². The molecule has 0 fully saturated rings. The number of nitrogens with one attached hydrogen (secondary N) is 1. The number of nitrogens with zero attached hydrogens (tertiary/aromatic N) is 3. The van der Waals surface area contributed by atoms with E-state index in [-0.39, 0.29) is 33.3 Å². The number of carboxylic acid groups (broad SMARTS) is 1. The lowest BCUT2D eigenvalue weighted by Gasteiger charge is -2.20. The van der Waals surface area contributed by atoms with Gasteiger partial charge in [0.25, 0.3) is 5.56 Å². The lowest BCUT2D eigenvalue weighted by molar-refractivity contribution is 0.0691. The highest BCUT2D eigenvalue weighted by atomic mass is 35.5. The zero-order valence-corrected chi connectivity index (χ0v) is 19.1. The third kappa shape index (κ3) is 4.10. The maximum atomic E-state index is 14.5. The van der Waals surface area contributed by atoms with Crippen molar-refractivity contribution < 1.29 is 18.7 Å². The summed E-state index contributed by atoms with van der Waals surface area (Å²) in [6.07, 6.45) is 0. The fourth-order valence-electron chi connectivity index (χ4n) is 3.84. The van der Waals surface area contributed by atoms with Crippen molar-refractivity contribution in [3.63, 3.8) is 0 Å². The minimum absolute atomic E-state index is 0.0262. The lowest BCUT2D eigenvalue weighted by atomic mass is 10.0. The van der Waals surface area contributed by atoms with Gasteiger partial charge < -0.3 is 10.4 Å². The zero-order chi connectivity index (χ0) is 24.7. The van der Waals surface area contributed by atoms with Gasteiger partial charge in [-0.3, -0.25) is 9.36 Å². The summed E-state index contributed by atoms with van der Waals surface area (Å²) in [5.74, 6) is -3.12. The number of carbonyl (C=O) groups is 1. The molecule has 1 unspecified atom stereocenters. The second kappa shape index (κ2) is 8.83. The molecule has 2 heterocycles. The van der Waals surface area contributed by atoms with Gasteiger partial charge >= 0.3 is 5.97 Å². The highest BCUT2D eigenvalue weighted by Gasteiger charge is 2.22. The number of aromatic carboxylic acids is 1. The standard InChI is InChI=1S/C24H19ClF2N4O3/c1-11-9-13(12(2)28-17-7-8-18(25)29-21(17)24(33)34)20-14(10-11)23(32)31(3)22(30-20)19-15(26)5-4-6-16(19)27/h4-10,12,28H,1-3H3,(H,33,34). The Labute approximate surface area is 197 Å². The highest BCUT2D eigenvalue weighted by molar-refractivity contribution is 6.29. The number of halogens is 3. The van der Waals surface area contributed by atoms with E-state index >= 15 is 0 Å². The SMILES string of the molecule is Cc1cc(C(C)Nc2ccc(Cl)nc2C(=O)O)c2nc(-c3c(F)cccc3F)n(C)c(=O)c2c1. The fraction of sp³-hybridized carbons (Fsp3) is 0.167.